The summed E-state index contributed by atoms with van der Waals surface area (Å²) in [7, 11) is 1.87. The second kappa shape index (κ2) is 8.82. The van der Waals surface area contributed by atoms with Crippen LogP contribution in [0.25, 0.3) is 10.9 Å². The van der Waals surface area contributed by atoms with Gasteiger partial charge in [-0.3, -0.25) is 4.79 Å². The number of ether oxygens (including phenoxy) is 1. The molecule has 1 heterocycles. The third-order valence-electron chi connectivity index (χ3n) is 4.90. The third-order valence-corrected chi connectivity index (χ3v) is 4.90. The van der Waals surface area contributed by atoms with Gasteiger partial charge in [0.2, 0.25) is 0 Å². The summed E-state index contributed by atoms with van der Waals surface area (Å²) in [6, 6.07) is 15.6. The molecule has 29 heavy (non-hydrogen) atoms. The van der Waals surface area contributed by atoms with E-state index in [9.17, 15) is 9.59 Å². The Morgan fingerprint density at radius 1 is 1.10 bits per heavy atom. The number of aromatic nitrogens is 1. The molecule has 0 atom stereocenters. The molecule has 0 saturated heterocycles. The number of aryl methyl sites for hydroxylation is 1. The minimum absolute atomic E-state index is 0.336. The van der Waals surface area contributed by atoms with Crippen molar-refractivity contribution in [2.24, 2.45) is 7.05 Å². The molecule has 1 N–H and O–H groups in total. The van der Waals surface area contributed by atoms with Crippen molar-refractivity contribution in [3.8, 4) is 0 Å². The molecular weight excluding hydrogens is 366 g/mol. The van der Waals surface area contributed by atoms with E-state index in [1.54, 1.807) is 6.20 Å². The Kier molecular flexibility index (Phi) is 6.22. The molecule has 0 radical (unpaired) electrons. The summed E-state index contributed by atoms with van der Waals surface area (Å²) in [5, 5.41) is 3.57. The lowest BCUT2D eigenvalue weighted by Gasteiger charge is -2.27. The molecule has 3 rings (SSSR count). The van der Waals surface area contributed by atoms with Crippen molar-refractivity contribution < 1.29 is 14.3 Å². The summed E-state index contributed by atoms with van der Waals surface area (Å²) in [5.41, 5.74) is 3.16. The first-order valence-electron chi connectivity index (χ1n) is 9.78. The molecule has 3 aromatic rings. The summed E-state index contributed by atoms with van der Waals surface area (Å²) in [5.74, 6) is -0.884. The largest absolute Gasteiger partial charge is 0.452 e. The van der Waals surface area contributed by atoms with Gasteiger partial charge < -0.3 is 19.5 Å². The van der Waals surface area contributed by atoms with Crippen LogP contribution in [0.15, 0.2) is 54.7 Å². The van der Waals surface area contributed by atoms with Gasteiger partial charge in [0.1, 0.15) is 0 Å². The van der Waals surface area contributed by atoms with Gasteiger partial charge in [-0.05, 0) is 51.1 Å². The zero-order chi connectivity index (χ0) is 21.0. The number of esters is 1. The highest BCUT2D eigenvalue weighted by Gasteiger charge is 2.16. The van der Waals surface area contributed by atoms with E-state index in [2.05, 4.69) is 31.0 Å². The predicted octanol–water partition coefficient (Wildman–Crippen LogP) is 4.21. The maximum absolute atomic E-state index is 12.4. The Morgan fingerprint density at radius 3 is 2.45 bits per heavy atom. The van der Waals surface area contributed by atoms with Crippen LogP contribution in [0.1, 0.15) is 31.1 Å². The van der Waals surface area contributed by atoms with Gasteiger partial charge in [0.15, 0.2) is 6.61 Å². The van der Waals surface area contributed by atoms with Crippen LogP contribution in [0.3, 0.4) is 0 Å². The number of hydrogen-bond donors (Lipinski definition) is 1. The van der Waals surface area contributed by atoms with E-state index in [-0.39, 0.29) is 12.5 Å². The zero-order valence-corrected chi connectivity index (χ0v) is 17.3. The van der Waals surface area contributed by atoms with Crippen LogP contribution in [-0.2, 0) is 16.6 Å². The molecule has 0 unspecified atom stereocenters. The first kappa shape index (κ1) is 20.5. The van der Waals surface area contributed by atoms with E-state index >= 15 is 0 Å². The number of anilines is 2. The maximum atomic E-state index is 12.4. The number of nitrogens with zero attached hydrogens (tertiary/aromatic N) is 2. The van der Waals surface area contributed by atoms with Gasteiger partial charge in [0.05, 0.1) is 5.56 Å². The van der Waals surface area contributed by atoms with Crippen LogP contribution in [0, 0.1) is 0 Å². The number of amides is 1. The molecule has 2 aromatic carbocycles. The van der Waals surface area contributed by atoms with Gasteiger partial charge in [-0.15, -0.1) is 0 Å². The minimum atomic E-state index is -0.511. The molecular formula is C23H27N3O3. The Morgan fingerprint density at radius 2 is 1.79 bits per heavy atom. The summed E-state index contributed by atoms with van der Waals surface area (Å²) < 4.78 is 7.09. The minimum Gasteiger partial charge on any atom is -0.452 e. The summed E-state index contributed by atoms with van der Waals surface area (Å²) in [6.07, 6.45) is 1.72. The average Bonchev–Trinajstić information content (AvgIpc) is 3.05. The SMILES string of the molecule is CCN(c1ccc(NC(=O)COC(=O)c2cn(C)c3ccccc23)cc1)C(C)C. The van der Waals surface area contributed by atoms with Gasteiger partial charge in [-0.1, -0.05) is 18.2 Å². The molecule has 0 aliphatic carbocycles. The number of carbonyl (C=O) groups is 2. The number of rotatable bonds is 7. The van der Waals surface area contributed by atoms with E-state index in [1.165, 1.54) is 0 Å². The van der Waals surface area contributed by atoms with Crippen molar-refractivity contribution in [1.82, 2.24) is 4.57 Å². The van der Waals surface area contributed by atoms with Gasteiger partial charge in [0.25, 0.3) is 5.91 Å². The van der Waals surface area contributed by atoms with Crippen molar-refractivity contribution >= 4 is 34.2 Å². The van der Waals surface area contributed by atoms with Crippen molar-refractivity contribution in [1.29, 1.82) is 0 Å². The van der Waals surface area contributed by atoms with E-state index in [0.717, 1.165) is 23.1 Å². The molecule has 1 amide bonds. The van der Waals surface area contributed by atoms with E-state index in [1.807, 2.05) is 60.1 Å². The predicted molar refractivity (Wildman–Crippen MR) is 116 cm³/mol. The van der Waals surface area contributed by atoms with Crippen molar-refractivity contribution in [2.75, 3.05) is 23.4 Å². The fourth-order valence-corrected chi connectivity index (χ4v) is 3.49. The van der Waals surface area contributed by atoms with E-state index < -0.39 is 5.97 Å². The number of nitrogens with one attached hydrogen (secondary N) is 1. The molecule has 0 bridgehead atoms. The molecule has 6 heteroatoms. The third kappa shape index (κ3) is 4.59. The van der Waals surface area contributed by atoms with Crippen molar-refractivity contribution in [2.45, 2.75) is 26.8 Å². The first-order chi connectivity index (χ1) is 13.9. The monoisotopic (exact) mass is 393 g/mol. The Hall–Kier alpha value is -3.28. The van der Waals surface area contributed by atoms with Crippen LogP contribution < -0.4 is 10.2 Å². The van der Waals surface area contributed by atoms with Crippen LogP contribution in [0.2, 0.25) is 0 Å². The molecule has 6 nitrogen and oxygen atoms in total. The zero-order valence-electron chi connectivity index (χ0n) is 17.3. The van der Waals surface area contributed by atoms with Gasteiger partial charge in [-0.2, -0.15) is 0 Å². The van der Waals surface area contributed by atoms with E-state index in [0.29, 0.717) is 17.3 Å². The lowest BCUT2D eigenvalue weighted by molar-refractivity contribution is -0.119. The number of hydrogen-bond acceptors (Lipinski definition) is 4. The van der Waals surface area contributed by atoms with Crippen LogP contribution >= 0.6 is 0 Å². The normalized spacial score (nSPS) is 10.9. The highest BCUT2D eigenvalue weighted by molar-refractivity contribution is 6.05. The average molecular weight is 393 g/mol. The summed E-state index contributed by atoms with van der Waals surface area (Å²) in [6.45, 7) is 6.97. The first-order valence-corrected chi connectivity index (χ1v) is 9.78. The topological polar surface area (TPSA) is 63.6 Å². The smallest absolute Gasteiger partial charge is 0.340 e. The number of para-hydroxylation sites is 1. The molecule has 0 aliphatic heterocycles. The van der Waals surface area contributed by atoms with Crippen LogP contribution in [0.5, 0.6) is 0 Å². The lowest BCUT2D eigenvalue weighted by atomic mass is 10.2. The van der Waals surface area contributed by atoms with E-state index in [4.69, 9.17) is 4.74 Å². The maximum Gasteiger partial charge on any atom is 0.340 e. The summed E-state index contributed by atoms with van der Waals surface area (Å²) >= 11 is 0. The standard InChI is InChI=1S/C23H27N3O3/c1-5-26(16(2)3)18-12-10-17(11-13-18)24-22(27)15-29-23(28)20-14-25(4)21-9-7-6-8-19(20)21/h6-14,16H,5,15H2,1-4H3,(H,24,27). The fourth-order valence-electron chi connectivity index (χ4n) is 3.49. The number of fused-ring (bicyclic) bond motifs is 1. The highest BCUT2D eigenvalue weighted by atomic mass is 16.5. The Balaban J connectivity index is 1.59. The molecule has 0 fully saturated rings. The molecule has 0 saturated carbocycles. The lowest BCUT2D eigenvalue weighted by Crippen LogP contribution is -2.30. The quantitative estimate of drug-likeness (QED) is 0.611. The molecule has 0 spiro atoms. The number of benzene rings is 2. The van der Waals surface area contributed by atoms with Crippen molar-refractivity contribution in [3.63, 3.8) is 0 Å². The van der Waals surface area contributed by atoms with Gasteiger partial charge >= 0.3 is 5.97 Å². The fraction of sp³-hybridized carbons (Fsp3) is 0.304. The molecule has 0 aliphatic rings. The molecule has 152 valence electrons. The second-order valence-corrected chi connectivity index (χ2v) is 7.22. The molecule has 1 aromatic heterocycles. The summed E-state index contributed by atoms with van der Waals surface area (Å²) in [4.78, 5) is 26.9. The van der Waals surface area contributed by atoms with Crippen molar-refractivity contribution in [3.05, 3.63) is 60.3 Å². The van der Waals surface area contributed by atoms with Crippen LogP contribution in [-0.4, -0.2) is 35.6 Å². The van der Waals surface area contributed by atoms with Crippen LogP contribution in [0.4, 0.5) is 11.4 Å². The highest BCUT2D eigenvalue weighted by Crippen LogP contribution is 2.22. The number of carbonyl (C=O) groups excluding carboxylic acids is 2. The van der Waals surface area contributed by atoms with Gasteiger partial charge in [-0.25, -0.2) is 4.79 Å². The Labute approximate surface area is 171 Å². The Bertz CT molecular complexity index is 1010. The second-order valence-electron chi connectivity index (χ2n) is 7.22. The van der Waals surface area contributed by atoms with Gasteiger partial charge in [0, 0.05) is 48.1 Å².